The van der Waals surface area contributed by atoms with Crippen LogP contribution in [0.3, 0.4) is 0 Å². The molecule has 72 valence electrons. The van der Waals surface area contributed by atoms with Crippen molar-refractivity contribution in [3.8, 4) is 11.8 Å². The van der Waals surface area contributed by atoms with Gasteiger partial charge in [0.05, 0.1) is 23.8 Å². The highest BCUT2D eigenvalue weighted by molar-refractivity contribution is 6.32. The number of ether oxygens (including phenoxy) is 1. The lowest BCUT2D eigenvalue weighted by Gasteiger charge is -2.08. The minimum Gasteiger partial charge on any atom is -0.495 e. The van der Waals surface area contributed by atoms with Gasteiger partial charge >= 0.3 is 0 Å². The fourth-order valence-electron chi connectivity index (χ4n) is 1.20. The molecule has 0 bridgehead atoms. The molecule has 3 heteroatoms. The molecule has 0 fully saturated rings. The van der Waals surface area contributed by atoms with Crippen molar-refractivity contribution in [1.82, 2.24) is 0 Å². The van der Waals surface area contributed by atoms with Crippen LogP contribution in [0.15, 0.2) is 18.7 Å². The molecule has 14 heavy (non-hydrogen) atoms. The van der Waals surface area contributed by atoms with Gasteiger partial charge in [0.1, 0.15) is 5.75 Å². The summed E-state index contributed by atoms with van der Waals surface area (Å²) >= 11 is 5.93. The van der Waals surface area contributed by atoms with Crippen LogP contribution < -0.4 is 4.74 Å². The van der Waals surface area contributed by atoms with E-state index >= 15 is 0 Å². The van der Waals surface area contributed by atoms with Gasteiger partial charge in [-0.1, -0.05) is 18.2 Å². The Balaban J connectivity index is 3.30. The molecule has 0 aliphatic heterocycles. The van der Waals surface area contributed by atoms with E-state index in [1.807, 2.05) is 13.0 Å². The Bertz CT molecular complexity index is 418. The predicted octanol–water partition coefficient (Wildman–Crippen LogP) is 3.19. The Kier molecular flexibility index (Phi) is 3.16. The summed E-state index contributed by atoms with van der Waals surface area (Å²) in [7, 11) is 1.56. The Labute approximate surface area is 88.4 Å². The van der Waals surface area contributed by atoms with Crippen molar-refractivity contribution in [2.24, 2.45) is 0 Å². The number of methoxy groups -OCH3 is 1. The third kappa shape index (κ3) is 1.89. The van der Waals surface area contributed by atoms with Crippen molar-refractivity contribution in [1.29, 1.82) is 5.26 Å². The van der Waals surface area contributed by atoms with Crippen LogP contribution in [0.2, 0.25) is 5.02 Å². The molecule has 0 N–H and O–H groups in total. The molecule has 1 aromatic rings. The molecule has 0 radical (unpaired) electrons. The number of allylic oxidation sites excluding steroid dienone is 1. The zero-order valence-corrected chi connectivity index (χ0v) is 8.85. The molecule has 0 saturated carbocycles. The van der Waals surface area contributed by atoms with Crippen LogP contribution in [0.5, 0.6) is 5.75 Å². The van der Waals surface area contributed by atoms with Crippen molar-refractivity contribution >= 4 is 17.2 Å². The number of halogens is 1. The monoisotopic (exact) mass is 207 g/mol. The molecule has 0 aliphatic rings. The first-order chi connectivity index (χ1) is 6.60. The zero-order valence-electron chi connectivity index (χ0n) is 8.10. The van der Waals surface area contributed by atoms with Gasteiger partial charge in [-0.2, -0.15) is 5.26 Å². The molecule has 0 atom stereocenters. The first-order valence-corrected chi connectivity index (χ1v) is 4.41. The third-order valence-corrected chi connectivity index (χ3v) is 2.25. The highest BCUT2D eigenvalue weighted by Gasteiger charge is 2.08. The molecule has 1 rings (SSSR count). The molecule has 0 saturated heterocycles. The molecule has 1 aromatic carbocycles. The highest BCUT2D eigenvalue weighted by Crippen LogP contribution is 2.30. The van der Waals surface area contributed by atoms with E-state index in [4.69, 9.17) is 21.6 Å². The number of hydrogen-bond donors (Lipinski definition) is 0. The SMILES string of the molecule is C=C(C#N)c1cc(Cl)c(OC)cc1C. The molecular weight excluding hydrogens is 198 g/mol. The van der Waals surface area contributed by atoms with Crippen LogP contribution in [0, 0.1) is 18.3 Å². The second-order valence-corrected chi connectivity index (χ2v) is 3.30. The Hall–Kier alpha value is -1.46. The first kappa shape index (κ1) is 10.6. The lowest BCUT2D eigenvalue weighted by molar-refractivity contribution is 0.414. The Morgan fingerprint density at radius 3 is 2.71 bits per heavy atom. The average molecular weight is 208 g/mol. The topological polar surface area (TPSA) is 33.0 Å². The molecular formula is C11H10ClNO. The lowest BCUT2D eigenvalue weighted by Crippen LogP contribution is -1.90. The van der Waals surface area contributed by atoms with E-state index in [1.165, 1.54) is 0 Å². The van der Waals surface area contributed by atoms with Crippen LogP contribution in [-0.4, -0.2) is 7.11 Å². The molecule has 0 amide bonds. The van der Waals surface area contributed by atoms with E-state index in [0.717, 1.165) is 11.1 Å². The van der Waals surface area contributed by atoms with E-state index in [-0.39, 0.29) is 0 Å². The largest absolute Gasteiger partial charge is 0.495 e. The van der Waals surface area contributed by atoms with E-state index in [2.05, 4.69) is 6.58 Å². The quantitative estimate of drug-likeness (QED) is 0.698. The van der Waals surface area contributed by atoms with E-state index < -0.39 is 0 Å². The lowest BCUT2D eigenvalue weighted by atomic mass is 10.0. The van der Waals surface area contributed by atoms with Gasteiger partial charge < -0.3 is 4.74 Å². The second-order valence-electron chi connectivity index (χ2n) is 2.89. The van der Waals surface area contributed by atoms with Crippen LogP contribution in [0.1, 0.15) is 11.1 Å². The van der Waals surface area contributed by atoms with Crippen molar-refractivity contribution in [2.45, 2.75) is 6.92 Å². The van der Waals surface area contributed by atoms with Gasteiger partial charge in [0.2, 0.25) is 0 Å². The summed E-state index contributed by atoms with van der Waals surface area (Å²) in [6.07, 6.45) is 0. The molecule has 0 heterocycles. The summed E-state index contributed by atoms with van der Waals surface area (Å²) < 4.78 is 5.05. The second kappa shape index (κ2) is 4.17. The molecule has 0 aliphatic carbocycles. The predicted molar refractivity (Wildman–Crippen MR) is 57.4 cm³/mol. The fraction of sp³-hybridized carbons (Fsp3) is 0.182. The van der Waals surface area contributed by atoms with Crippen molar-refractivity contribution in [3.05, 3.63) is 34.9 Å². The highest BCUT2D eigenvalue weighted by atomic mass is 35.5. The number of rotatable bonds is 2. The number of nitriles is 1. The first-order valence-electron chi connectivity index (χ1n) is 4.03. The Morgan fingerprint density at radius 1 is 1.57 bits per heavy atom. The zero-order chi connectivity index (χ0) is 10.7. The van der Waals surface area contributed by atoms with Crippen molar-refractivity contribution in [2.75, 3.05) is 7.11 Å². The van der Waals surface area contributed by atoms with Gasteiger partial charge in [0.25, 0.3) is 0 Å². The molecule has 0 spiro atoms. The van der Waals surface area contributed by atoms with Gasteiger partial charge in [0, 0.05) is 0 Å². The molecule has 0 aromatic heterocycles. The summed E-state index contributed by atoms with van der Waals surface area (Å²) in [5.41, 5.74) is 2.10. The summed E-state index contributed by atoms with van der Waals surface area (Å²) in [5, 5.41) is 9.20. The van der Waals surface area contributed by atoms with Gasteiger partial charge in [0.15, 0.2) is 0 Å². The summed E-state index contributed by atoms with van der Waals surface area (Å²) in [5.74, 6) is 0.610. The number of hydrogen-bond acceptors (Lipinski definition) is 2. The van der Waals surface area contributed by atoms with Crippen molar-refractivity contribution < 1.29 is 4.74 Å². The van der Waals surface area contributed by atoms with E-state index in [1.54, 1.807) is 19.2 Å². The maximum atomic E-state index is 8.71. The molecule has 0 unspecified atom stereocenters. The summed E-state index contributed by atoms with van der Waals surface area (Å²) in [4.78, 5) is 0. The van der Waals surface area contributed by atoms with Crippen LogP contribution in [0.4, 0.5) is 0 Å². The van der Waals surface area contributed by atoms with Crippen LogP contribution in [0.25, 0.3) is 5.57 Å². The fourth-order valence-corrected chi connectivity index (χ4v) is 1.44. The minimum atomic E-state index is 0.409. The molecule has 2 nitrogen and oxygen atoms in total. The maximum absolute atomic E-state index is 8.71. The third-order valence-electron chi connectivity index (χ3n) is 1.96. The van der Waals surface area contributed by atoms with Gasteiger partial charge in [-0.05, 0) is 30.2 Å². The standard InChI is InChI=1S/C11H10ClNO/c1-7-4-11(14-3)10(12)5-9(7)8(2)6-13/h4-5H,2H2,1,3H3. The normalized spacial score (nSPS) is 9.29. The smallest absolute Gasteiger partial charge is 0.137 e. The van der Waals surface area contributed by atoms with E-state index in [9.17, 15) is 0 Å². The number of aryl methyl sites for hydroxylation is 1. The van der Waals surface area contributed by atoms with Gasteiger partial charge in [-0.3, -0.25) is 0 Å². The van der Waals surface area contributed by atoms with Crippen molar-refractivity contribution in [3.63, 3.8) is 0 Å². The van der Waals surface area contributed by atoms with E-state index in [0.29, 0.717) is 16.3 Å². The van der Waals surface area contributed by atoms with Crippen LogP contribution in [-0.2, 0) is 0 Å². The summed E-state index contributed by atoms with van der Waals surface area (Å²) in [6.45, 7) is 5.53. The average Bonchev–Trinajstić information content (AvgIpc) is 2.19. The van der Waals surface area contributed by atoms with Gasteiger partial charge in [-0.15, -0.1) is 0 Å². The maximum Gasteiger partial charge on any atom is 0.137 e. The van der Waals surface area contributed by atoms with Gasteiger partial charge in [-0.25, -0.2) is 0 Å². The number of nitrogens with zero attached hydrogens (tertiary/aromatic N) is 1. The Morgan fingerprint density at radius 2 is 2.21 bits per heavy atom. The number of benzene rings is 1. The minimum absolute atomic E-state index is 0.409. The van der Waals surface area contributed by atoms with Crippen LogP contribution >= 0.6 is 11.6 Å². The summed E-state index contributed by atoms with van der Waals surface area (Å²) in [6, 6.07) is 5.48.